The van der Waals surface area contributed by atoms with Crippen LogP contribution in [-0.2, 0) is 0 Å². The maximum Gasteiger partial charge on any atom is 0.131 e. The van der Waals surface area contributed by atoms with E-state index >= 15 is 0 Å². The molecule has 1 atom stereocenters. The first kappa shape index (κ1) is 15.6. The van der Waals surface area contributed by atoms with Crippen LogP contribution in [0.15, 0.2) is 12.1 Å². The third kappa shape index (κ3) is 3.77. The van der Waals surface area contributed by atoms with E-state index < -0.39 is 0 Å². The largest absolute Gasteiger partial charge is 0.496 e. The molecule has 1 aromatic carbocycles. The van der Waals surface area contributed by atoms with Crippen LogP contribution in [0.2, 0.25) is 0 Å². The van der Waals surface area contributed by atoms with Crippen molar-refractivity contribution in [2.45, 2.75) is 32.7 Å². The molecule has 0 bridgehead atoms. The Morgan fingerprint density at radius 2 is 1.58 bits per heavy atom. The number of nitrogens with one attached hydrogen (secondary N) is 1. The van der Waals surface area contributed by atoms with Crippen LogP contribution >= 0.6 is 0 Å². The molecule has 0 radical (unpaired) electrons. The van der Waals surface area contributed by atoms with E-state index in [2.05, 4.69) is 19.2 Å². The lowest BCUT2D eigenvalue weighted by Crippen LogP contribution is -2.22. The van der Waals surface area contributed by atoms with Crippen molar-refractivity contribution in [3.05, 3.63) is 17.7 Å². The molecule has 4 heteroatoms. The summed E-state index contributed by atoms with van der Waals surface area (Å²) in [4.78, 5) is 0. The highest BCUT2D eigenvalue weighted by Gasteiger charge is 2.21. The summed E-state index contributed by atoms with van der Waals surface area (Å²) >= 11 is 0. The normalized spacial score (nSPS) is 12.1. The minimum absolute atomic E-state index is 0.228. The summed E-state index contributed by atoms with van der Waals surface area (Å²) in [6.45, 7) is 5.18. The molecule has 108 valence electrons. The van der Waals surface area contributed by atoms with Gasteiger partial charge in [-0.2, -0.15) is 0 Å². The molecule has 0 amide bonds. The van der Waals surface area contributed by atoms with Gasteiger partial charge in [0.1, 0.15) is 17.2 Å². The SMILES string of the molecule is CCCC(NCC)c1c(OC)cc(OC)cc1OC. The van der Waals surface area contributed by atoms with E-state index in [-0.39, 0.29) is 6.04 Å². The van der Waals surface area contributed by atoms with Crippen LogP contribution in [0.25, 0.3) is 0 Å². The van der Waals surface area contributed by atoms with Gasteiger partial charge in [0, 0.05) is 18.2 Å². The third-order valence-electron chi connectivity index (χ3n) is 3.13. The Morgan fingerprint density at radius 3 is 1.95 bits per heavy atom. The van der Waals surface area contributed by atoms with Crippen molar-refractivity contribution < 1.29 is 14.2 Å². The third-order valence-corrected chi connectivity index (χ3v) is 3.13. The topological polar surface area (TPSA) is 39.7 Å². The van der Waals surface area contributed by atoms with E-state index in [1.54, 1.807) is 21.3 Å². The highest BCUT2D eigenvalue weighted by atomic mass is 16.5. The lowest BCUT2D eigenvalue weighted by Gasteiger charge is -2.23. The van der Waals surface area contributed by atoms with Gasteiger partial charge < -0.3 is 19.5 Å². The zero-order valence-corrected chi connectivity index (χ0v) is 12.6. The molecule has 0 aliphatic rings. The number of benzene rings is 1. The molecule has 0 saturated carbocycles. The molecular weight excluding hydrogens is 242 g/mol. The van der Waals surface area contributed by atoms with Gasteiger partial charge in [0.25, 0.3) is 0 Å². The number of rotatable bonds is 8. The van der Waals surface area contributed by atoms with E-state index in [1.165, 1.54) is 0 Å². The summed E-state index contributed by atoms with van der Waals surface area (Å²) < 4.78 is 16.3. The average Bonchev–Trinajstić information content (AvgIpc) is 2.45. The summed E-state index contributed by atoms with van der Waals surface area (Å²) in [5.74, 6) is 2.34. The summed E-state index contributed by atoms with van der Waals surface area (Å²) in [5, 5.41) is 3.49. The Kier molecular flexibility index (Phi) is 6.50. The van der Waals surface area contributed by atoms with Gasteiger partial charge in [0.05, 0.1) is 26.9 Å². The second-order valence-corrected chi connectivity index (χ2v) is 4.34. The molecule has 19 heavy (non-hydrogen) atoms. The Labute approximate surface area is 116 Å². The monoisotopic (exact) mass is 267 g/mol. The van der Waals surface area contributed by atoms with E-state index in [9.17, 15) is 0 Å². The van der Waals surface area contributed by atoms with Crippen LogP contribution < -0.4 is 19.5 Å². The lowest BCUT2D eigenvalue weighted by atomic mass is 9.99. The Balaban J connectivity index is 3.27. The molecule has 0 aliphatic heterocycles. The smallest absolute Gasteiger partial charge is 0.131 e. The van der Waals surface area contributed by atoms with Gasteiger partial charge in [0.2, 0.25) is 0 Å². The first-order chi connectivity index (χ1) is 9.21. The van der Waals surface area contributed by atoms with Crippen LogP contribution in [0.1, 0.15) is 38.3 Å². The summed E-state index contributed by atoms with van der Waals surface area (Å²) in [6.07, 6.45) is 2.13. The fourth-order valence-electron chi connectivity index (χ4n) is 2.26. The maximum atomic E-state index is 5.50. The number of methoxy groups -OCH3 is 3. The van der Waals surface area contributed by atoms with Crippen LogP contribution in [0.4, 0.5) is 0 Å². The van der Waals surface area contributed by atoms with E-state index in [4.69, 9.17) is 14.2 Å². The number of hydrogen-bond acceptors (Lipinski definition) is 4. The molecule has 0 heterocycles. The maximum absolute atomic E-state index is 5.50. The van der Waals surface area contributed by atoms with Crippen LogP contribution in [0.5, 0.6) is 17.2 Å². The Bertz CT molecular complexity index is 362. The summed E-state index contributed by atoms with van der Waals surface area (Å²) in [7, 11) is 4.99. The molecule has 4 nitrogen and oxygen atoms in total. The second kappa shape index (κ2) is 7.89. The molecule has 1 N–H and O–H groups in total. The van der Waals surface area contributed by atoms with Gasteiger partial charge in [-0.1, -0.05) is 20.3 Å². The molecule has 1 aromatic rings. The fraction of sp³-hybridized carbons (Fsp3) is 0.600. The van der Waals surface area contributed by atoms with Gasteiger partial charge in [0.15, 0.2) is 0 Å². The predicted octanol–water partition coefficient (Wildman–Crippen LogP) is 3.16. The molecular formula is C15H25NO3. The van der Waals surface area contributed by atoms with Crippen molar-refractivity contribution in [1.82, 2.24) is 5.32 Å². The van der Waals surface area contributed by atoms with E-state index in [0.29, 0.717) is 0 Å². The number of hydrogen-bond donors (Lipinski definition) is 1. The van der Waals surface area contributed by atoms with Crippen LogP contribution in [0, 0.1) is 0 Å². The quantitative estimate of drug-likeness (QED) is 0.785. The first-order valence-corrected chi connectivity index (χ1v) is 6.75. The molecule has 0 saturated heterocycles. The van der Waals surface area contributed by atoms with Crippen LogP contribution in [0.3, 0.4) is 0 Å². The second-order valence-electron chi connectivity index (χ2n) is 4.34. The van der Waals surface area contributed by atoms with E-state index in [0.717, 1.165) is 42.2 Å². The zero-order chi connectivity index (χ0) is 14.3. The predicted molar refractivity (Wildman–Crippen MR) is 77.4 cm³/mol. The Morgan fingerprint density at radius 1 is 1.00 bits per heavy atom. The molecule has 1 rings (SSSR count). The van der Waals surface area contributed by atoms with Crippen molar-refractivity contribution >= 4 is 0 Å². The zero-order valence-electron chi connectivity index (χ0n) is 12.6. The van der Waals surface area contributed by atoms with Crippen molar-refractivity contribution in [1.29, 1.82) is 0 Å². The standard InChI is InChI=1S/C15H25NO3/c1-6-8-12(16-7-2)15-13(18-4)9-11(17-3)10-14(15)19-5/h9-10,12,16H,6-8H2,1-5H3. The van der Waals surface area contributed by atoms with Gasteiger partial charge in [-0.3, -0.25) is 0 Å². The number of ether oxygens (including phenoxy) is 3. The highest BCUT2D eigenvalue weighted by Crippen LogP contribution is 2.39. The van der Waals surface area contributed by atoms with Crippen molar-refractivity contribution in [2.24, 2.45) is 0 Å². The fourth-order valence-corrected chi connectivity index (χ4v) is 2.26. The van der Waals surface area contributed by atoms with Gasteiger partial charge >= 0.3 is 0 Å². The van der Waals surface area contributed by atoms with Gasteiger partial charge in [-0.25, -0.2) is 0 Å². The van der Waals surface area contributed by atoms with Crippen LogP contribution in [-0.4, -0.2) is 27.9 Å². The van der Waals surface area contributed by atoms with E-state index in [1.807, 2.05) is 12.1 Å². The highest BCUT2D eigenvalue weighted by molar-refractivity contribution is 5.52. The van der Waals surface area contributed by atoms with Crippen molar-refractivity contribution in [3.8, 4) is 17.2 Å². The molecule has 1 unspecified atom stereocenters. The summed E-state index contributed by atoms with van der Waals surface area (Å²) in [5.41, 5.74) is 1.06. The van der Waals surface area contributed by atoms with Gasteiger partial charge in [-0.15, -0.1) is 0 Å². The summed E-state index contributed by atoms with van der Waals surface area (Å²) in [6, 6.07) is 4.03. The molecule has 0 aromatic heterocycles. The lowest BCUT2D eigenvalue weighted by molar-refractivity contribution is 0.354. The molecule has 0 fully saturated rings. The minimum Gasteiger partial charge on any atom is -0.496 e. The molecule has 0 spiro atoms. The first-order valence-electron chi connectivity index (χ1n) is 6.75. The molecule has 0 aliphatic carbocycles. The average molecular weight is 267 g/mol. The minimum atomic E-state index is 0.228. The Hall–Kier alpha value is -1.42. The van der Waals surface area contributed by atoms with Crippen molar-refractivity contribution in [3.63, 3.8) is 0 Å². The van der Waals surface area contributed by atoms with Gasteiger partial charge in [-0.05, 0) is 13.0 Å². The van der Waals surface area contributed by atoms with Crippen molar-refractivity contribution in [2.75, 3.05) is 27.9 Å².